The van der Waals surface area contributed by atoms with Crippen LogP contribution in [0, 0.1) is 5.82 Å². The van der Waals surface area contributed by atoms with E-state index in [-0.39, 0.29) is 5.43 Å². The first-order valence-corrected chi connectivity index (χ1v) is 15.1. The number of rotatable bonds is 1. The van der Waals surface area contributed by atoms with Gasteiger partial charge in [0.1, 0.15) is 0 Å². The molecule has 0 saturated heterocycles. The molecule has 0 aliphatic carbocycles. The zero-order chi connectivity index (χ0) is 11.9. The molecule has 84 valence electrons. The topological polar surface area (TPSA) is 30.2 Å². The van der Waals surface area contributed by atoms with Crippen LogP contribution in [0.4, 0.5) is 4.39 Å². The Kier molecular flexibility index (Phi) is 2.82. The minimum atomic E-state index is -2.48. The SMILES string of the molecule is [CH3][Sn]([CH3])([CH3])[c]1coc2ccc(F)cc2c1=O. The van der Waals surface area contributed by atoms with Crippen LogP contribution in [-0.4, -0.2) is 18.4 Å². The van der Waals surface area contributed by atoms with E-state index in [9.17, 15) is 9.18 Å². The fraction of sp³-hybridized carbons (Fsp3) is 0.250. The number of fused-ring (bicyclic) bond motifs is 1. The van der Waals surface area contributed by atoms with Crippen LogP contribution in [0.15, 0.2) is 33.7 Å². The van der Waals surface area contributed by atoms with Crippen LogP contribution in [0.3, 0.4) is 0 Å². The molecule has 0 aliphatic heterocycles. The molecule has 2 aromatic rings. The summed E-state index contributed by atoms with van der Waals surface area (Å²) in [5, 5.41) is 0.351. The molecule has 0 saturated carbocycles. The van der Waals surface area contributed by atoms with Gasteiger partial charge in [0, 0.05) is 0 Å². The van der Waals surface area contributed by atoms with Gasteiger partial charge in [-0.1, -0.05) is 0 Å². The van der Waals surface area contributed by atoms with Gasteiger partial charge in [0.25, 0.3) is 0 Å². The van der Waals surface area contributed by atoms with E-state index in [1.54, 1.807) is 6.26 Å². The molecule has 1 aromatic carbocycles. The number of halogens is 1. The van der Waals surface area contributed by atoms with Crippen molar-refractivity contribution in [1.29, 1.82) is 0 Å². The fourth-order valence-corrected chi connectivity index (χ4v) is 5.13. The van der Waals surface area contributed by atoms with Crippen molar-refractivity contribution in [2.45, 2.75) is 14.8 Å². The Morgan fingerprint density at radius 3 is 2.56 bits per heavy atom. The van der Waals surface area contributed by atoms with Gasteiger partial charge in [0.2, 0.25) is 0 Å². The van der Waals surface area contributed by atoms with Crippen LogP contribution in [0.5, 0.6) is 0 Å². The van der Waals surface area contributed by atoms with Crippen LogP contribution < -0.4 is 9.01 Å². The van der Waals surface area contributed by atoms with E-state index in [2.05, 4.69) is 14.8 Å². The van der Waals surface area contributed by atoms with Crippen LogP contribution in [0.2, 0.25) is 14.8 Å². The van der Waals surface area contributed by atoms with Gasteiger partial charge in [-0.05, 0) is 0 Å². The quantitative estimate of drug-likeness (QED) is 0.754. The first-order valence-electron chi connectivity index (χ1n) is 5.11. The molecular weight excluding hydrogens is 314 g/mol. The standard InChI is InChI=1S/C9H4FO2.3CH3.Sn/c10-6-1-2-9-7(5-6)8(11)3-4-12-9;;;;/h1-2,4-5H;3*1H3;. The Morgan fingerprint density at radius 2 is 1.94 bits per heavy atom. The summed E-state index contributed by atoms with van der Waals surface area (Å²) in [6, 6.07) is 4.04. The number of benzene rings is 1. The van der Waals surface area contributed by atoms with E-state index >= 15 is 0 Å². The molecule has 1 aromatic heterocycles. The van der Waals surface area contributed by atoms with Gasteiger partial charge in [0.15, 0.2) is 0 Å². The van der Waals surface area contributed by atoms with Crippen molar-refractivity contribution in [2.75, 3.05) is 0 Å². The van der Waals surface area contributed by atoms with Crippen molar-refractivity contribution in [3.8, 4) is 0 Å². The van der Waals surface area contributed by atoms with E-state index in [4.69, 9.17) is 4.42 Å². The molecule has 0 amide bonds. The molecule has 2 nitrogen and oxygen atoms in total. The molecule has 0 N–H and O–H groups in total. The fourth-order valence-electron chi connectivity index (χ4n) is 1.62. The first-order chi connectivity index (χ1) is 7.39. The third-order valence-corrected chi connectivity index (χ3v) is 8.14. The Labute approximate surface area is 97.0 Å². The molecule has 1 heterocycles. The van der Waals surface area contributed by atoms with Gasteiger partial charge in [-0.15, -0.1) is 0 Å². The van der Waals surface area contributed by atoms with Gasteiger partial charge in [-0.3, -0.25) is 0 Å². The van der Waals surface area contributed by atoms with Crippen LogP contribution >= 0.6 is 0 Å². The zero-order valence-corrected chi connectivity index (χ0v) is 12.4. The van der Waals surface area contributed by atoms with Gasteiger partial charge >= 0.3 is 97.1 Å². The van der Waals surface area contributed by atoms with E-state index < -0.39 is 24.2 Å². The van der Waals surface area contributed by atoms with Crippen LogP contribution in [-0.2, 0) is 0 Å². The molecule has 0 bridgehead atoms. The Morgan fingerprint density at radius 1 is 1.25 bits per heavy atom. The number of hydrogen-bond donors (Lipinski definition) is 0. The van der Waals surface area contributed by atoms with Gasteiger partial charge < -0.3 is 0 Å². The van der Waals surface area contributed by atoms with E-state index in [0.29, 0.717) is 11.0 Å². The summed E-state index contributed by atoms with van der Waals surface area (Å²) in [6.07, 6.45) is 1.55. The zero-order valence-electron chi connectivity index (χ0n) is 9.50. The summed E-state index contributed by atoms with van der Waals surface area (Å²) in [5.41, 5.74) is 0.384. The molecule has 0 unspecified atom stereocenters. The summed E-state index contributed by atoms with van der Waals surface area (Å²) in [6.45, 7) is 0. The van der Waals surface area contributed by atoms with Crippen molar-refractivity contribution in [3.05, 3.63) is 40.5 Å². The minimum absolute atomic E-state index is 0.0657. The van der Waals surface area contributed by atoms with Crippen LogP contribution in [0.1, 0.15) is 0 Å². The summed E-state index contributed by atoms with van der Waals surface area (Å²) < 4.78 is 19.2. The number of hydrogen-bond acceptors (Lipinski definition) is 2. The predicted octanol–water partition coefficient (Wildman–Crippen LogP) is 2.48. The van der Waals surface area contributed by atoms with Gasteiger partial charge in [-0.2, -0.15) is 0 Å². The third kappa shape index (κ3) is 2.00. The molecule has 0 atom stereocenters. The summed E-state index contributed by atoms with van der Waals surface area (Å²) >= 11 is -2.48. The molecule has 2 rings (SSSR count). The van der Waals surface area contributed by atoms with E-state index in [0.717, 1.165) is 3.58 Å². The van der Waals surface area contributed by atoms with Crippen molar-refractivity contribution >= 4 is 32.9 Å². The second-order valence-electron chi connectivity index (χ2n) is 4.87. The maximum atomic E-state index is 13.1. The van der Waals surface area contributed by atoms with E-state index in [1.807, 2.05) is 0 Å². The maximum absolute atomic E-state index is 13.1. The molecule has 4 heteroatoms. The Bertz CT molecular complexity index is 596. The van der Waals surface area contributed by atoms with Crippen molar-refractivity contribution in [3.63, 3.8) is 0 Å². The van der Waals surface area contributed by atoms with Crippen molar-refractivity contribution in [2.24, 2.45) is 0 Å². The second kappa shape index (κ2) is 3.87. The molecular formula is C12H13FO2Sn. The molecule has 0 aliphatic rings. The molecule has 0 fully saturated rings. The molecule has 0 spiro atoms. The van der Waals surface area contributed by atoms with Crippen molar-refractivity contribution in [1.82, 2.24) is 0 Å². The van der Waals surface area contributed by atoms with E-state index in [1.165, 1.54) is 18.2 Å². The third-order valence-electron chi connectivity index (χ3n) is 2.54. The van der Waals surface area contributed by atoms with Crippen LogP contribution in [0.25, 0.3) is 11.0 Å². The molecule has 16 heavy (non-hydrogen) atoms. The van der Waals surface area contributed by atoms with Gasteiger partial charge in [0.05, 0.1) is 0 Å². The van der Waals surface area contributed by atoms with Crippen molar-refractivity contribution < 1.29 is 8.81 Å². The second-order valence-corrected chi connectivity index (χ2v) is 19.2. The normalized spacial score (nSPS) is 12.0. The average Bonchev–Trinajstić information content (AvgIpc) is 2.17. The molecule has 0 radical (unpaired) electrons. The average molecular weight is 327 g/mol. The van der Waals surface area contributed by atoms with Gasteiger partial charge in [-0.25, -0.2) is 0 Å². The Hall–Kier alpha value is -0.841. The summed E-state index contributed by atoms with van der Waals surface area (Å²) in [7, 11) is 0. The predicted molar refractivity (Wildman–Crippen MR) is 65.4 cm³/mol. The summed E-state index contributed by atoms with van der Waals surface area (Å²) in [4.78, 5) is 18.5. The summed E-state index contributed by atoms with van der Waals surface area (Å²) in [5.74, 6) is -0.402. The Balaban J connectivity index is 2.84. The monoisotopic (exact) mass is 328 g/mol. The first kappa shape index (κ1) is 11.6.